The van der Waals surface area contributed by atoms with Gasteiger partial charge in [-0.25, -0.2) is 4.79 Å². The summed E-state index contributed by atoms with van der Waals surface area (Å²) in [6, 6.07) is 5.26. The molecular formula is C21H25ClN2O4S. The minimum atomic E-state index is -0.406. The third-order valence-corrected chi connectivity index (χ3v) is 6.30. The van der Waals surface area contributed by atoms with Crippen LogP contribution < -0.4 is 10.1 Å². The Bertz CT molecular complexity index is 926. The average molecular weight is 437 g/mol. The Morgan fingerprint density at radius 2 is 2.10 bits per heavy atom. The number of benzene rings is 1. The lowest BCUT2D eigenvalue weighted by molar-refractivity contribution is 0.0526. The van der Waals surface area contributed by atoms with E-state index in [0.29, 0.717) is 32.9 Å². The smallest absolute Gasteiger partial charge is 0.341 e. The summed E-state index contributed by atoms with van der Waals surface area (Å²) in [6.45, 7) is 7.96. The van der Waals surface area contributed by atoms with Crippen LogP contribution in [0, 0.1) is 0 Å². The van der Waals surface area contributed by atoms with E-state index in [1.165, 1.54) is 18.4 Å². The van der Waals surface area contributed by atoms with Gasteiger partial charge in [0.25, 0.3) is 5.91 Å². The average Bonchev–Trinajstić information content (AvgIpc) is 3.04. The highest BCUT2D eigenvalue weighted by Gasteiger charge is 2.30. The van der Waals surface area contributed by atoms with Crippen LogP contribution in [0.25, 0.3) is 0 Å². The number of rotatable bonds is 6. The molecule has 1 amide bonds. The second kappa shape index (κ2) is 9.15. The number of nitrogens with zero attached hydrogens (tertiary/aromatic N) is 1. The van der Waals surface area contributed by atoms with Crippen LogP contribution in [0.4, 0.5) is 5.00 Å². The summed E-state index contributed by atoms with van der Waals surface area (Å²) in [5.41, 5.74) is 1.74. The quantitative estimate of drug-likeness (QED) is 0.670. The van der Waals surface area contributed by atoms with E-state index in [0.717, 1.165) is 30.0 Å². The maximum Gasteiger partial charge on any atom is 0.341 e. The predicted octanol–water partition coefficient (Wildman–Crippen LogP) is 4.61. The molecule has 29 heavy (non-hydrogen) atoms. The van der Waals surface area contributed by atoms with E-state index in [-0.39, 0.29) is 12.5 Å². The van der Waals surface area contributed by atoms with E-state index in [2.05, 4.69) is 24.1 Å². The van der Waals surface area contributed by atoms with Crippen LogP contribution in [-0.4, -0.2) is 43.1 Å². The number of hydrogen-bond donors (Lipinski definition) is 1. The summed E-state index contributed by atoms with van der Waals surface area (Å²) in [6.07, 6.45) is 0.745. The molecule has 0 bridgehead atoms. The van der Waals surface area contributed by atoms with Crippen molar-refractivity contribution in [1.82, 2.24) is 4.90 Å². The van der Waals surface area contributed by atoms with Crippen molar-refractivity contribution in [3.63, 3.8) is 0 Å². The monoisotopic (exact) mass is 436 g/mol. The minimum absolute atomic E-state index is 0.275. The Labute approximate surface area is 179 Å². The standard InChI is InChI=1S/C21H25ClN2O4S/c1-5-28-21(26)18-14-8-9-24(12(2)3)11-17(14)29-20(18)23-19(25)15-10-13(22)6-7-16(15)27-4/h6-7,10,12H,5,8-9,11H2,1-4H3,(H,23,25). The molecule has 1 aromatic carbocycles. The van der Waals surface area contributed by atoms with Gasteiger partial charge in [-0.15, -0.1) is 11.3 Å². The van der Waals surface area contributed by atoms with Gasteiger partial charge in [-0.3, -0.25) is 9.69 Å². The molecule has 0 aliphatic carbocycles. The molecule has 8 heteroatoms. The first-order valence-electron chi connectivity index (χ1n) is 9.56. The van der Waals surface area contributed by atoms with Crippen molar-refractivity contribution >= 4 is 39.8 Å². The molecule has 1 aromatic heterocycles. The summed E-state index contributed by atoms with van der Waals surface area (Å²) >= 11 is 7.49. The zero-order chi connectivity index (χ0) is 21.1. The van der Waals surface area contributed by atoms with Crippen LogP contribution in [0.2, 0.25) is 5.02 Å². The maximum absolute atomic E-state index is 13.0. The second-order valence-corrected chi connectivity index (χ2v) is 8.58. The fourth-order valence-corrected chi connectivity index (χ4v) is 4.83. The molecule has 2 aromatic rings. The Morgan fingerprint density at radius 1 is 1.34 bits per heavy atom. The number of thiophene rings is 1. The van der Waals surface area contributed by atoms with Crippen LogP contribution in [0.15, 0.2) is 18.2 Å². The highest BCUT2D eigenvalue weighted by Crippen LogP contribution is 2.38. The maximum atomic E-state index is 13.0. The zero-order valence-electron chi connectivity index (χ0n) is 17.0. The summed E-state index contributed by atoms with van der Waals surface area (Å²) in [5.74, 6) is -0.373. The van der Waals surface area contributed by atoms with Crippen LogP contribution >= 0.6 is 22.9 Å². The van der Waals surface area contributed by atoms with Crippen molar-refractivity contribution in [3.05, 3.63) is 44.8 Å². The van der Waals surface area contributed by atoms with Gasteiger partial charge in [0.1, 0.15) is 10.8 Å². The van der Waals surface area contributed by atoms with E-state index >= 15 is 0 Å². The number of carbonyl (C=O) groups excluding carboxylic acids is 2. The molecule has 0 atom stereocenters. The van der Waals surface area contributed by atoms with E-state index in [4.69, 9.17) is 21.1 Å². The SMILES string of the molecule is CCOC(=O)c1c(NC(=O)c2cc(Cl)ccc2OC)sc2c1CCN(C(C)C)C2. The van der Waals surface area contributed by atoms with Gasteiger partial charge >= 0.3 is 5.97 Å². The lowest BCUT2D eigenvalue weighted by atomic mass is 10.0. The molecule has 1 N–H and O–H groups in total. The van der Waals surface area contributed by atoms with Crippen molar-refractivity contribution < 1.29 is 19.1 Å². The van der Waals surface area contributed by atoms with Crippen molar-refractivity contribution in [2.45, 2.75) is 39.8 Å². The number of fused-ring (bicyclic) bond motifs is 1. The van der Waals surface area contributed by atoms with Gasteiger partial charge in [0.15, 0.2) is 0 Å². The number of halogens is 1. The number of carbonyl (C=O) groups is 2. The van der Waals surface area contributed by atoms with Gasteiger partial charge in [-0.05, 0) is 51.0 Å². The van der Waals surface area contributed by atoms with E-state index in [1.54, 1.807) is 25.1 Å². The molecule has 156 valence electrons. The lowest BCUT2D eigenvalue weighted by Crippen LogP contribution is -2.35. The highest BCUT2D eigenvalue weighted by atomic mass is 35.5. The topological polar surface area (TPSA) is 67.9 Å². The first-order valence-corrected chi connectivity index (χ1v) is 10.8. The molecule has 0 saturated heterocycles. The normalized spacial score (nSPS) is 13.9. The fourth-order valence-electron chi connectivity index (χ4n) is 3.40. The third-order valence-electron chi connectivity index (χ3n) is 4.93. The van der Waals surface area contributed by atoms with Crippen molar-refractivity contribution in [2.75, 3.05) is 25.6 Å². The number of ether oxygens (including phenoxy) is 2. The number of anilines is 1. The van der Waals surface area contributed by atoms with E-state index in [1.807, 2.05) is 0 Å². The van der Waals surface area contributed by atoms with Crippen LogP contribution in [0.1, 0.15) is 51.9 Å². The first-order chi connectivity index (χ1) is 13.8. The molecule has 0 radical (unpaired) electrons. The number of amides is 1. The van der Waals surface area contributed by atoms with Gasteiger partial charge in [0.2, 0.25) is 0 Å². The largest absolute Gasteiger partial charge is 0.496 e. The second-order valence-electron chi connectivity index (χ2n) is 7.04. The molecule has 1 aliphatic rings. The van der Waals surface area contributed by atoms with Crippen LogP contribution in [0.3, 0.4) is 0 Å². The molecule has 2 heterocycles. The Hall–Kier alpha value is -2.09. The van der Waals surface area contributed by atoms with Gasteiger partial charge in [-0.2, -0.15) is 0 Å². The Kier molecular flexibility index (Phi) is 6.82. The molecule has 1 aliphatic heterocycles. The van der Waals surface area contributed by atoms with Crippen molar-refractivity contribution in [2.24, 2.45) is 0 Å². The highest BCUT2D eigenvalue weighted by molar-refractivity contribution is 7.17. The van der Waals surface area contributed by atoms with Crippen LogP contribution in [-0.2, 0) is 17.7 Å². The fraction of sp³-hybridized carbons (Fsp3) is 0.429. The van der Waals surface area contributed by atoms with Gasteiger partial charge in [0, 0.05) is 29.0 Å². The summed E-state index contributed by atoms with van der Waals surface area (Å²) in [7, 11) is 1.49. The number of esters is 1. The summed E-state index contributed by atoms with van der Waals surface area (Å²) < 4.78 is 10.6. The first kappa shape index (κ1) is 21.6. The van der Waals surface area contributed by atoms with Crippen molar-refractivity contribution in [1.29, 1.82) is 0 Å². The third kappa shape index (κ3) is 4.57. The summed E-state index contributed by atoms with van der Waals surface area (Å²) in [4.78, 5) is 29.1. The molecule has 0 spiro atoms. The molecule has 6 nitrogen and oxygen atoms in total. The van der Waals surface area contributed by atoms with E-state index < -0.39 is 5.97 Å². The predicted molar refractivity (Wildman–Crippen MR) is 115 cm³/mol. The Balaban J connectivity index is 1.97. The van der Waals surface area contributed by atoms with Crippen molar-refractivity contribution in [3.8, 4) is 5.75 Å². The lowest BCUT2D eigenvalue weighted by Gasteiger charge is -2.30. The molecule has 0 fully saturated rings. The van der Waals surface area contributed by atoms with Gasteiger partial charge in [0.05, 0.1) is 24.8 Å². The van der Waals surface area contributed by atoms with Crippen LogP contribution in [0.5, 0.6) is 5.75 Å². The minimum Gasteiger partial charge on any atom is -0.496 e. The van der Waals surface area contributed by atoms with Gasteiger partial charge < -0.3 is 14.8 Å². The number of methoxy groups -OCH3 is 1. The van der Waals surface area contributed by atoms with Gasteiger partial charge in [-0.1, -0.05) is 11.6 Å². The molecular weight excluding hydrogens is 412 g/mol. The zero-order valence-corrected chi connectivity index (χ0v) is 18.6. The molecule has 0 unspecified atom stereocenters. The molecule has 3 rings (SSSR count). The summed E-state index contributed by atoms with van der Waals surface area (Å²) in [5, 5.41) is 3.83. The number of hydrogen-bond acceptors (Lipinski definition) is 6. The number of nitrogens with one attached hydrogen (secondary N) is 1. The molecule has 0 saturated carbocycles. The Morgan fingerprint density at radius 3 is 2.76 bits per heavy atom. The van der Waals surface area contributed by atoms with E-state index in [9.17, 15) is 9.59 Å².